The summed E-state index contributed by atoms with van der Waals surface area (Å²) in [6, 6.07) is 3.17. The van der Waals surface area contributed by atoms with Crippen molar-refractivity contribution < 1.29 is 13.9 Å². The summed E-state index contributed by atoms with van der Waals surface area (Å²) in [5.41, 5.74) is 1.00. The topological polar surface area (TPSA) is 56.2 Å². The van der Waals surface area contributed by atoms with Crippen molar-refractivity contribution in [3.63, 3.8) is 0 Å². The van der Waals surface area contributed by atoms with Crippen LogP contribution >= 0.6 is 0 Å². The van der Waals surface area contributed by atoms with Gasteiger partial charge >= 0.3 is 6.09 Å². The highest BCUT2D eigenvalue weighted by Gasteiger charge is 2.41. The van der Waals surface area contributed by atoms with E-state index < -0.39 is 11.7 Å². The number of amides is 1. The largest absolute Gasteiger partial charge is 0.444 e. The Morgan fingerprint density at radius 2 is 2.22 bits per heavy atom. The lowest BCUT2D eigenvalue weighted by Gasteiger charge is -2.19. The van der Waals surface area contributed by atoms with Gasteiger partial charge in [0.05, 0.1) is 5.52 Å². The average Bonchev–Trinajstić information content (AvgIpc) is 3.07. The van der Waals surface area contributed by atoms with E-state index in [-0.39, 0.29) is 17.7 Å². The first-order chi connectivity index (χ1) is 10.7. The van der Waals surface area contributed by atoms with Gasteiger partial charge in [-0.1, -0.05) is 0 Å². The molecule has 2 atom stereocenters. The second-order valence-electron chi connectivity index (χ2n) is 7.18. The molecule has 0 radical (unpaired) electrons. The fourth-order valence-corrected chi connectivity index (χ4v) is 2.94. The average molecular weight is 319 g/mol. The van der Waals surface area contributed by atoms with Gasteiger partial charge in [0, 0.05) is 30.7 Å². The molecule has 0 aliphatic heterocycles. The van der Waals surface area contributed by atoms with Gasteiger partial charge in [0.1, 0.15) is 11.4 Å². The van der Waals surface area contributed by atoms with Crippen LogP contribution in [-0.2, 0) is 11.8 Å². The van der Waals surface area contributed by atoms with Crippen molar-refractivity contribution in [3.05, 3.63) is 29.7 Å². The summed E-state index contributed by atoms with van der Waals surface area (Å²) >= 11 is 0. The molecule has 1 heterocycles. The lowest BCUT2D eigenvalue weighted by Crippen LogP contribution is -2.33. The highest BCUT2D eigenvalue weighted by atomic mass is 19.1. The third-order valence-corrected chi connectivity index (χ3v) is 3.99. The number of nitrogens with zero attached hydrogens (tertiary/aromatic N) is 2. The van der Waals surface area contributed by atoms with Gasteiger partial charge in [-0.2, -0.15) is 5.10 Å². The number of hydrogen-bond donors (Lipinski definition) is 1. The third-order valence-electron chi connectivity index (χ3n) is 3.99. The Kier molecular flexibility index (Phi) is 3.78. The molecule has 2 aromatic rings. The number of hydrogen-bond acceptors (Lipinski definition) is 3. The number of benzene rings is 1. The summed E-state index contributed by atoms with van der Waals surface area (Å²) in [6.45, 7) is 5.97. The molecule has 23 heavy (non-hydrogen) atoms. The number of aryl methyl sites for hydroxylation is 1. The van der Waals surface area contributed by atoms with Crippen LogP contribution in [0.2, 0.25) is 0 Å². The van der Waals surface area contributed by atoms with Crippen LogP contribution in [0, 0.1) is 11.7 Å². The fraction of sp³-hybridized carbons (Fsp3) is 0.529. The fourth-order valence-electron chi connectivity index (χ4n) is 2.94. The maximum absolute atomic E-state index is 14.3. The third kappa shape index (κ3) is 3.46. The van der Waals surface area contributed by atoms with Crippen molar-refractivity contribution in [3.8, 4) is 0 Å². The molecule has 0 unspecified atom stereocenters. The predicted octanol–water partition coefficient (Wildman–Crippen LogP) is 3.34. The zero-order valence-corrected chi connectivity index (χ0v) is 13.9. The van der Waals surface area contributed by atoms with Gasteiger partial charge in [0.15, 0.2) is 0 Å². The molecule has 0 spiro atoms. The summed E-state index contributed by atoms with van der Waals surface area (Å²) in [6.07, 6.45) is 2.29. The minimum absolute atomic E-state index is 0.123. The Labute approximate surface area is 134 Å². The molecule has 1 fully saturated rings. The standard InChI is InChI=1S/C17H22FN3O2/c1-17(2,3)23-16(22)19-8-10-7-11(10)15-12-9-21(4)20-14(12)6-5-13(15)18/h5-6,9-11H,7-8H2,1-4H3,(H,19,22)/t10-,11+/m1/s1. The zero-order valence-electron chi connectivity index (χ0n) is 13.9. The van der Waals surface area contributed by atoms with E-state index >= 15 is 0 Å². The highest BCUT2D eigenvalue weighted by Crippen LogP contribution is 2.49. The molecule has 1 N–H and O–H groups in total. The second kappa shape index (κ2) is 5.51. The Morgan fingerprint density at radius 3 is 2.91 bits per heavy atom. The van der Waals surface area contributed by atoms with Crippen LogP contribution in [0.5, 0.6) is 0 Å². The second-order valence-corrected chi connectivity index (χ2v) is 7.18. The molecule has 5 nitrogen and oxygen atoms in total. The summed E-state index contributed by atoms with van der Waals surface area (Å²) in [7, 11) is 1.83. The number of fused-ring (bicyclic) bond motifs is 1. The van der Waals surface area contributed by atoms with Crippen LogP contribution in [0.15, 0.2) is 18.3 Å². The van der Waals surface area contributed by atoms with Gasteiger partial charge in [-0.15, -0.1) is 0 Å². The van der Waals surface area contributed by atoms with Crippen LogP contribution in [-0.4, -0.2) is 28.0 Å². The number of nitrogens with one attached hydrogen (secondary N) is 1. The van der Waals surface area contributed by atoms with E-state index in [1.165, 1.54) is 6.07 Å². The molecule has 1 aliphatic rings. The number of rotatable bonds is 3. The zero-order chi connectivity index (χ0) is 16.8. The number of halogens is 1. The molecule has 6 heteroatoms. The van der Waals surface area contributed by atoms with Crippen molar-refractivity contribution in [2.45, 2.75) is 38.7 Å². The van der Waals surface area contributed by atoms with E-state index in [9.17, 15) is 9.18 Å². The Balaban J connectivity index is 1.67. The van der Waals surface area contributed by atoms with Crippen molar-refractivity contribution in [2.24, 2.45) is 13.0 Å². The van der Waals surface area contributed by atoms with Crippen LogP contribution in [0.4, 0.5) is 9.18 Å². The maximum atomic E-state index is 14.3. The quantitative estimate of drug-likeness (QED) is 0.944. The highest BCUT2D eigenvalue weighted by molar-refractivity contribution is 5.83. The molecule has 1 amide bonds. The molecule has 1 aromatic carbocycles. The van der Waals surface area contributed by atoms with Gasteiger partial charge in [-0.05, 0) is 51.2 Å². The van der Waals surface area contributed by atoms with Crippen molar-refractivity contribution in [1.29, 1.82) is 0 Å². The lowest BCUT2D eigenvalue weighted by molar-refractivity contribution is 0.0525. The van der Waals surface area contributed by atoms with Gasteiger partial charge in [-0.25, -0.2) is 9.18 Å². The SMILES string of the molecule is Cn1cc2c([C@H]3C[C@@H]3CNC(=O)OC(C)(C)C)c(F)ccc2n1. The van der Waals surface area contributed by atoms with Crippen LogP contribution in [0.25, 0.3) is 10.9 Å². The molecular formula is C17H22FN3O2. The smallest absolute Gasteiger partial charge is 0.407 e. The van der Waals surface area contributed by atoms with Gasteiger partial charge < -0.3 is 10.1 Å². The van der Waals surface area contributed by atoms with Crippen molar-refractivity contribution in [1.82, 2.24) is 15.1 Å². The monoisotopic (exact) mass is 319 g/mol. The predicted molar refractivity (Wildman–Crippen MR) is 85.8 cm³/mol. The lowest BCUT2D eigenvalue weighted by atomic mass is 10.0. The summed E-state index contributed by atoms with van der Waals surface area (Å²) in [5, 5.41) is 7.95. The van der Waals surface area contributed by atoms with Gasteiger partial charge in [-0.3, -0.25) is 4.68 Å². The molecule has 3 rings (SSSR count). The number of carbonyl (C=O) groups excluding carboxylic acids is 1. The number of carbonyl (C=O) groups is 1. The van der Waals surface area contributed by atoms with E-state index in [1.54, 1.807) is 10.7 Å². The normalized spacial score (nSPS) is 20.6. The minimum Gasteiger partial charge on any atom is -0.444 e. The molecule has 0 saturated heterocycles. The minimum atomic E-state index is -0.513. The number of alkyl carbamates (subject to hydrolysis) is 1. The Hall–Kier alpha value is -2.11. The van der Waals surface area contributed by atoms with E-state index in [0.717, 1.165) is 17.3 Å². The van der Waals surface area contributed by atoms with Crippen LogP contribution in [0.3, 0.4) is 0 Å². The molecule has 1 aliphatic carbocycles. The van der Waals surface area contributed by atoms with E-state index in [1.807, 2.05) is 34.0 Å². The number of ether oxygens (including phenoxy) is 1. The first kappa shape index (κ1) is 15.8. The van der Waals surface area contributed by atoms with Crippen molar-refractivity contribution in [2.75, 3.05) is 6.54 Å². The van der Waals surface area contributed by atoms with Crippen LogP contribution in [0.1, 0.15) is 38.7 Å². The van der Waals surface area contributed by atoms with Gasteiger partial charge in [0.25, 0.3) is 0 Å². The Bertz CT molecular complexity index is 748. The van der Waals surface area contributed by atoms with Crippen molar-refractivity contribution >= 4 is 17.0 Å². The van der Waals surface area contributed by atoms with E-state index in [2.05, 4.69) is 10.4 Å². The van der Waals surface area contributed by atoms with E-state index in [0.29, 0.717) is 12.1 Å². The Morgan fingerprint density at radius 1 is 1.48 bits per heavy atom. The van der Waals surface area contributed by atoms with Gasteiger partial charge in [0.2, 0.25) is 0 Å². The van der Waals surface area contributed by atoms with Crippen LogP contribution < -0.4 is 5.32 Å². The molecule has 1 saturated carbocycles. The summed E-state index contributed by atoms with van der Waals surface area (Å²) in [5.74, 6) is 0.163. The summed E-state index contributed by atoms with van der Waals surface area (Å²) < 4.78 is 21.2. The van der Waals surface area contributed by atoms with E-state index in [4.69, 9.17) is 4.74 Å². The maximum Gasteiger partial charge on any atom is 0.407 e. The number of aromatic nitrogens is 2. The molecule has 0 bridgehead atoms. The molecular weight excluding hydrogens is 297 g/mol. The molecule has 124 valence electrons. The first-order valence-corrected chi connectivity index (χ1v) is 7.83. The first-order valence-electron chi connectivity index (χ1n) is 7.83. The summed E-state index contributed by atoms with van der Waals surface area (Å²) in [4.78, 5) is 11.7. The molecule has 1 aromatic heterocycles.